The number of aromatic amines is 1. The summed E-state index contributed by atoms with van der Waals surface area (Å²) in [4.78, 5) is 39.6. The van der Waals surface area contributed by atoms with Gasteiger partial charge in [0.15, 0.2) is 0 Å². The van der Waals surface area contributed by atoms with Crippen LogP contribution >= 0.6 is 0 Å². The molecule has 2 heterocycles. The standard InChI is InChI=1S/C16H25N3O5/c1-12-8-19(15(23)17-14(12)22)9-13(21)18-6-3-4-16(10-18,11-20)5-7-24-2/h8,20H,3-7,9-11H2,1-2H3,(H,17,22,23)/t16-/m0/s1. The summed E-state index contributed by atoms with van der Waals surface area (Å²) in [6.45, 7) is 3.04. The Balaban J connectivity index is 2.10. The van der Waals surface area contributed by atoms with E-state index in [1.54, 1.807) is 18.9 Å². The van der Waals surface area contributed by atoms with Crippen LogP contribution in [0.2, 0.25) is 0 Å². The van der Waals surface area contributed by atoms with E-state index in [2.05, 4.69) is 4.98 Å². The number of aryl methyl sites for hydroxylation is 1. The summed E-state index contributed by atoms with van der Waals surface area (Å²) in [6.07, 6.45) is 3.72. The van der Waals surface area contributed by atoms with Gasteiger partial charge in [-0.15, -0.1) is 0 Å². The molecule has 1 fully saturated rings. The molecule has 8 heteroatoms. The lowest BCUT2D eigenvalue weighted by Gasteiger charge is -2.42. The molecule has 1 atom stereocenters. The van der Waals surface area contributed by atoms with Gasteiger partial charge >= 0.3 is 5.69 Å². The average Bonchev–Trinajstić information content (AvgIpc) is 2.58. The maximum atomic E-state index is 12.6. The highest BCUT2D eigenvalue weighted by atomic mass is 16.5. The minimum atomic E-state index is -0.594. The predicted octanol–water partition coefficient (Wildman–Crippen LogP) is -0.517. The molecule has 0 unspecified atom stereocenters. The molecule has 0 aromatic carbocycles. The van der Waals surface area contributed by atoms with Crippen molar-refractivity contribution < 1.29 is 14.6 Å². The number of amides is 1. The Labute approximate surface area is 140 Å². The van der Waals surface area contributed by atoms with Crippen molar-refractivity contribution in [1.82, 2.24) is 14.5 Å². The number of piperidine rings is 1. The topological polar surface area (TPSA) is 105 Å². The van der Waals surface area contributed by atoms with Crippen LogP contribution in [0.4, 0.5) is 0 Å². The molecular formula is C16H25N3O5. The normalized spacial score (nSPS) is 21.0. The second kappa shape index (κ2) is 7.76. The molecular weight excluding hydrogens is 314 g/mol. The number of ether oxygens (including phenoxy) is 1. The van der Waals surface area contributed by atoms with Crippen molar-refractivity contribution in [3.8, 4) is 0 Å². The number of hydrogen-bond acceptors (Lipinski definition) is 5. The van der Waals surface area contributed by atoms with Crippen LogP contribution in [0.1, 0.15) is 24.8 Å². The lowest BCUT2D eigenvalue weighted by molar-refractivity contribution is -0.136. The van der Waals surface area contributed by atoms with E-state index in [1.165, 1.54) is 10.8 Å². The molecule has 0 aliphatic carbocycles. The van der Waals surface area contributed by atoms with E-state index in [1.807, 2.05) is 0 Å². The van der Waals surface area contributed by atoms with Gasteiger partial charge in [0.1, 0.15) is 6.54 Å². The number of hydrogen-bond donors (Lipinski definition) is 2. The molecule has 0 saturated carbocycles. The Hall–Kier alpha value is -1.93. The van der Waals surface area contributed by atoms with Gasteiger partial charge < -0.3 is 14.7 Å². The van der Waals surface area contributed by atoms with Gasteiger partial charge in [-0.3, -0.25) is 19.1 Å². The number of aliphatic hydroxyl groups is 1. The summed E-state index contributed by atoms with van der Waals surface area (Å²) in [5.74, 6) is -0.196. The first-order valence-electron chi connectivity index (χ1n) is 8.09. The van der Waals surface area contributed by atoms with Crippen LogP contribution in [-0.2, 0) is 16.1 Å². The third-order valence-corrected chi connectivity index (χ3v) is 4.68. The van der Waals surface area contributed by atoms with Crippen molar-refractivity contribution in [2.45, 2.75) is 32.7 Å². The van der Waals surface area contributed by atoms with Crippen molar-refractivity contribution in [2.24, 2.45) is 5.41 Å². The zero-order valence-electron chi connectivity index (χ0n) is 14.2. The zero-order chi connectivity index (χ0) is 17.7. The number of aliphatic hydroxyl groups excluding tert-OH is 1. The Morgan fingerprint density at radius 2 is 2.21 bits per heavy atom. The molecule has 134 valence electrons. The average molecular weight is 339 g/mol. The first-order chi connectivity index (χ1) is 11.4. The molecule has 1 aromatic rings. The van der Waals surface area contributed by atoms with Gasteiger partial charge in [0.2, 0.25) is 5.91 Å². The number of nitrogens with one attached hydrogen (secondary N) is 1. The molecule has 0 spiro atoms. The molecule has 24 heavy (non-hydrogen) atoms. The van der Waals surface area contributed by atoms with Crippen LogP contribution in [-0.4, -0.2) is 58.9 Å². The summed E-state index contributed by atoms with van der Waals surface area (Å²) in [5, 5.41) is 9.78. The van der Waals surface area contributed by atoms with E-state index in [9.17, 15) is 19.5 Å². The van der Waals surface area contributed by atoms with Gasteiger partial charge in [-0.2, -0.15) is 0 Å². The number of carbonyl (C=O) groups is 1. The van der Waals surface area contributed by atoms with Gasteiger partial charge in [0, 0.05) is 44.0 Å². The van der Waals surface area contributed by atoms with E-state index in [0.29, 0.717) is 31.7 Å². The molecule has 1 aliphatic rings. The predicted molar refractivity (Wildman–Crippen MR) is 87.9 cm³/mol. The Morgan fingerprint density at radius 3 is 2.88 bits per heavy atom. The summed E-state index contributed by atoms with van der Waals surface area (Å²) in [7, 11) is 1.61. The number of aromatic nitrogens is 2. The van der Waals surface area contributed by atoms with E-state index < -0.39 is 11.2 Å². The van der Waals surface area contributed by atoms with Gasteiger partial charge in [-0.05, 0) is 26.2 Å². The number of nitrogens with zero attached hydrogens (tertiary/aromatic N) is 2. The van der Waals surface area contributed by atoms with Gasteiger partial charge in [-0.25, -0.2) is 4.79 Å². The highest BCUT2D eigenvalue weighted by molar-refractivity contribution is 5.76. The van der Waals surface area contributed by atoms with Gasteiger partial charge in [0.25, 0.3) is 5.56 Å². The fraction of sp³-hybridized carbons (Fsp3) is 0.688. The van der Waals surface area contributed by atoms with Crippen LogP contribution < -0.4 is 11.2 Å². The van der Waals surface area contributed by atoms with E-state index in [0.717, 1.165) is 12.8 Å². The van der Waals surface area contributed by atoms with Crippen molar-refractivity contribution in [3.63, 3.8) is 0 Å². The van der Waals surface area contributed by atoms with Crippen molar-refractivity contribution >= 4 is 5.91 Å². The molecule has 2 rings (SSSR count). The van der Waals surface area contributed by atoms with Crippen LogP contribution in [0.15, 0.2) is 15.8 Å². The first kappa shape index (κ1) is 18.4. The molecule has 1 aromatic heterocycles. The molecule has 8 nitrogen and oxygen atoms in total. The lowest BCUT2D eigenvalue weighted by atomic mass is 9.78. The largest absolute Gasteiger partial charge is 0.396 e. The second-order valence-corrected chi connectivity index (χ2v) is 6.52. The molecule has 0 bridgehead atoms. The van der Waals surface area contributed by atoms with Crippen molar-refractivity contribution in [1.29, 1.82) is 0 Å². The lowest BCUT2D eigenvalue weighted by Crippen LogP contribution is -2.50. The highest BCUT2D eigenvalue weighted by Crippen LogP contribution is 2.33. The highest BCUT2D eigenvalue weighted by Gasteiger charge is 2.36. The fourth-order valence-electron chi connectivity index (χ4n) is 3.13. The van der Waals surface area contributed by atoms with Gasteiger partial charge in [0.05, 0.1) is 6.61 Å². The number of rotatable bonds is 6. The maximum absolute atomic E-state index is 12.6. The molecule has 2 N–H and O–H groups in total. The van der Waals surface area contributed by atoms with Crippen LogP contribution in [0, 0.1) is 12.3 Å². The van der Waals surface area contributed by atoms with E-state index in [-0.39, 0.29) is 24.5 Å². The molecule has 1 saturated heterocycles. The summed E-state index contributed by atoms with van der Waals surface area (Å²) < 4.78 is 6.32. The summed E-state index contributed by atoms with van der Waals surface area (Å²) >= 11 is 0. The first-order valence-corrected chi connectivity index (χ1v) is 8.09. The van der Waals surface area contributed by atoms with E-state index in [4.69, 9.17) is 4.74 Å². The third kappa shape index (κ3) is 4.12. The van der Waals surface area contributed by atoms with E-state index >= 15 is 0 Å². The number of H-pyrrole nitrogens is 1. The monoisotopic (exact) mass is 339 g/mol. The molecule has 1 amide bonds. The fourth-order valence-corrected chi connectivity index (χ4v) is 3.13. The third-order valence-electron chi connectivity index (χ3n) is 4.68. The van der Waals surface area contributed by atoms with Gasteiger partial charge in [-0.1, -0.05) is 0 Å². The van der Waals surface area contributed by atoms with Crippen molar-refractivity contribution in [2.75, 3.05) is 33.4 Å². The zero-order valence-corrected chi connectivity index (χ0v) is 14.2. The summed E-state index contributed by atoms with van der Waals surface area (Å²) in [6, 6.07) is 0. The van der Waals surface area contributed by atoms with Crippen LogP contribution in [0.25, 0.3) is 0 Å². The Kier molecular flexibility index (Phi) is 5.95. The number of methoxy groups -OCH3 is 1. The Bertz CT molecular complexity index is 696. The number of carbonyl (C=O) groups excluding carboxylic acids is 1. The molecule has 0 radical (unpaired) electrons. The van der Waals surface area contributed by atoms with Crippen molar-refractivity contribution in [3.05, 3.63) is 32.6 Å². The quantitative estimate of drug-likeness (QED) is 0.726. The second-order valence-electron chi connectivity index (χ2n) is 6.52. The maximum Gasteiger partial charge on any atom is 0.328 e. The Morgan fingerprint density at radius 1 is 1.46 bits per heavy atom. The smallest absolute Gasteiger partial charge is 0.328 e. The number of likely N-dealkylation sites (tertiary alicyclic amines) is 1. The minimum absolute atomic E-state index is 0.00213. The SMILES string of the molecule is COCC[C@@]1(CO)CCCN(C(=O)Cn2cc(C)c(=O)[nH]c2=O)C1. The van der Waals surface area contributed by atoms with Crippen LogP contribution in [0.3, 0.4) is 0 Å². The summed E-state index contributed by atoms with van der Waals surface area (Å²) in [5.41, 5.74) is -1.01. The minimum Gasteiger partial charge on any atom is -0.396 e. The van der Waals surface area contributed by atoms with Crippen LogP contribution in [0.5, 0.6) is 0 Å². The molecule has 1 aliphatic heterocycles.